The Balaban J connectivity index is 1.68. The number of carbonyl (C=O) groups is 2. The summed E-state index contributed by atoms with van der Waals surface area (Å²) >= 11 is 6.18. The molecule has 2 amide bonds. The second-order valence-corrected chi connectivity index (χ2v) is 12.3. The van der Waals surface area contributed by atoms with E-state index in [1.807, 2.05) is 0 Å². The summed E-state index contributed by atoms with van der Waals surface area (Å²) in [5.41, 5.74) is 0.777. The zero-order valence-electron chi connectivity index (χ0n) is 22.9. The van der Waals surface area contributed by atoms with Gasteiger partial charge in [0.25, 0.3) is 10.0 Å². The molecule has 0 aliphatic heterocycles. The largest absolute Gasteiger partial charge is 0.497 e. The minimum absolute atomic E-state index is 0.0263. The number of hydrogen-bond donors (Lipinski definition) is 1. The third kappa shape index (κ3) is 7.56. The summed E-state index contributed by atoms with van der Waals surface area (Å²) in [6.45, 7) is 1.02. The van der Waals surface area contributed by atoms with Gasteiger partial charge in [0.05, 0.1) is 17.7 Å². The molecule has 0 heterocycles. The molecule has 1 fully saturated rings. The van der Waals surface area contributed by atoms with E-state index in [1.54, 1.807) is 31.2 Å². The van der Waals surface area contributed by atoms with E-state index in [0.717, 1.165) is 42.1 Å². The number of amides is 2. The predicted molar refractivity (Wildman–Crippen MR) is 156 cm³/mol. The summed E-state index contributed by atoms with van der Waals surface area (Å²) in [6, 6.07) is 16.6. The highest BCUT2D eigenvalue weighted by molar-refractivity contribution is 7.92. The summed E-state index contributed by atoms with van der Waals surface area (Å²) in [5, 5.41) is 3.49. The first-order valence-electron chi connectivity index (χ1n) is 13.3. The summed E-state index contributed by atoms with van der Waals surface area (Å²) in [7, 11) is -2.81. The van der Waals surface area contributed by atoms with Crippen molar-refractivity contribution in [3.8, 4) is 5.75 Å². The van der Waals surface area contributed by atoms with E-state index in [4.69, 9.17) is 16.3 Å². The first-order valence-corrected chi connectivity index (χ1v) is 15.2. The normalized spacial score (nSPS) is 14.3. The molecule has 4 rings (SSSR count). The number of hydrogen-bond acceptors (Lipinski definition) is 5. The van der Waals surface area contributed by atoms with E-state index in [-0.39, 0.29) is 29.1 Å². The van der Waals surface area contributed by atoms with E-state index in [1.165, 1.54) is 48.4 Å². The van der Waals surface area contributed by atoms with Crippen LogP contribution in [0.1, 0.15) is 38.2 Å². The molecule has 1 N–H and O–H groups in total. The van der Waals surface area contributed by atoms with Crippen molar-refractivity contribution < 1.29 is 27.1 Å². The Morgan fingerprint density at radius 3 is 2.32 bits per heavy atom. The van der Waals surface area contributed by atoms with Crippen molar-refractivity contribution in [2.45, 2.75) is 56.1 Å². The average Bonchev–Trinajstić information content (AvgIpc) is 3.48. The average molecular weight is 602 g/mol. The Labute approximate surface area is 245 Å². The smallest absolute Gasteiger partial charge is 0.264 e. The van der Waals surface area contributed by atoms with Crippen LogP contribution in [0.5, 0.6) is 5.75 Å². The van der Waals surface area contributed by atoms with Gasteiger partial charge in [0.15, 0.2) is 0 Å². The topological polar surface area (TPSA) is 96.0 Å². The van der Waals surface area contributed by atoms with Crippen molar-refractivity contribution in [2.24, 2.45) is 0 Å². The van der Waals surface area contributed by atoms with Crippen LogP contribution in [0.3, 0.4) is 0 Å². The van der Waals surface area contributed by atoms with Crippen molar-refractivity contribution in [2.75, 3.05) is 18.0 Å². The standard InChI is InChI=1S/C30H33ClFN3O5S/c1-21(30(37)33-25-8-3-4-9-25)34(19-22-6-5-7-23(31)18-22)29(36)20-35(26-12-10-24(32)11-13-26)41(38,39)28-16-14-27(40-2)15-17-28/h5-7,10-18,21,25H,3-4,8-9,19-20H2,1-2H3,(H,33,37). The fourth-order valence-electron chi connectivity index (χ4n) is 4.82. The molecule has 1 aliphatic rings. The van der Waals surface area contributed by atoms with Crippen LogP contribution < -0.4 is 14.4 Å². The van der Waals surface area contributed by atoms with Crippen molar-refractivity contribution in [1.82, 2.24) is 10.2 Å². The molecule has 1 unspecified atom stereocenters. The zero-order valence-corrected chi connectivity index (χ0v) is 24.5. The van der Waals surface area contributed by atoms with Gasteiger partial charge < -0.3 is 15.0 Å². The maximum atomic E-state index is 14.0. The van der Waals surface area contributed by atoms with Crippen LogP contribution in [0.15, 0.2) is 77.7 Å². The summed E-state index contributed by atoms with van der Waals surface area (Å²) < 4.78 is 47.5. The van der Waals surface area contributed by atoms with Gasteiger partial charge in [-0.1, -0.05) is 36.6 Å². The van der Waals surface area contributed by atoms with Gasteiger partial charge in [0, 0.05) is 17.6 Å². The van der Waals surface area contributed by atoms with E-state index >= 15 is 0 Å². The van der Waals surface area contributed by atoms with Gasteiger partial charge in [-0.3, -0.25) is 13.9 Å². The molecule has 0 aromatic heterocycles. The number of nitrogens with zero attached hydrogens (tertiary/aromatic N) is 2. The van der Waals surface area contributed by atoms with Crippen LogP contribution in [-0.4, -0.2) is 50.9 Å². The lowest BCUT2D eigenvalue weighted by molar-refractivity contribution is -0.139. The van der Waals surface area contributed by atoms with Crippen LogP contribution >= 0.6 is 11.6 Å². The van der Waals surface area contributed by atoms with E-state index in [0.29, 0.717) is 16.3 Å². The van der Waals surface area contributed by atoms with Crippen LogP contribution in [0.2, 0.25) is 5.02 Å². The van der Waals surface area contributed by atoms with Gasteiger partial charge in [-0.15, -0.1) is 0 Å². The van der Waals surface area contributed by atoms with Crippen molar-refractivity contribution in [1.29, 1.82) is 0 Å². The Bertz CT molecular complexity index is 1460. The summed E-state index contributed by atoms with van der Waals surface area (Å²) in [5.74, 6) is -1.02. The summed E-state index contributed by atoms with van der Waals surface area (Å²) in [4.78, 5) is 28.5. The third-order valence-corrected chi connectivity index (χ3v) is 9.17. The van der Waals surface area contributed by atoms with Gasteiger partial charge in [-0.2, -0.15) is 0 Å². The van der Waals surface area contributed by atoms with Gasteiger partial charge in [0.1, 0.15) is 24.2 Å². The number of sulfonamides is 1. The molecule has 1 atom stereocenters. The van der Waals surface area contributed by atoms with Crippen LogP contribution in [0.25, 0.3) is 0 Å². The first kappa shape index (κ1) is 30.3. The molecular weight excluding hydrogens is 569 g/mol. The highest BCUT2D eigenvalue weighted by Gasteiger charge is 2.33. The molecular formula is C30H33ClFN3O5S. The maximum Gasteiger partial charge on any atom is 0.264 e. The van der Waals surface area contributed by atoms with Crippen molar-refractivity contribution in [3.63, 3.8) is 0 Å². The van der Waals surface area contributed by atoms with Crippen LogP contribution in [-0.2, 0) is 26.2 Å². The van der Waals surface area contributed by atoms with Gasteiger partial charge in [0.2, 0.25) is 11.8 Å². The lowest BCUT2D eigenvalue weighted by Crippen LogP contribution is -2.52. The number of carbonyl (C=O) groups excluding carboxylic acids is 2. The number of halogens is 2. The van der Waals surface area contributed by atoms with Crippen LogP contribution in [0.4, 0.5) is 10.1 Å². The number of methoxy groups -OCH3 is 1. The minimum Gasteiger partial charge on any atom is -0.497 e. The number of nitrogens with one attached hydrogen (secondary N) is 1. The molecule has 0 saturated heterocycles. The zero-order chi connectivity index (χ0) is 29.6. The molecule has 218 valence electrons. The minimum atomic E-state index is -4.28. The fraction of sp³-hybridized carbons (Fsp3) is 0.333. The number of ether oxygens (including phenoxy) is 1. The van der Waals surface area contributed by atoms with Crippen LogP contribution in [0, 0.1) is 5.82 Å². The molecule has 8 nitrogen and oxygen atoms in total. The first-order chi connectivity index (χ1) is 19.6. The molecule has 1 aliphatic carbocycles. The molecule has 1 saturated carbocycles. The SMILES string of the molecule is COc1ccc(S(=O)(=O)N(CC(=O)N(Cc2cccc(Cl)c2)C(C)C(=O)NC2CCCC2)c2ccc(F)cc2)cc1. The lowest BCUT2D eigenvalue weighted by atomic mass is 10.1. The van der Waals surface area contributed by atoms with Gasteiger partial charge in [-0.05, 0) is 86.0 Å². The lowest BCUT2D eigenvalue weighted by Gasteiger charge is -2.32. The Kier molecular flexibility index (Phi) is 9.88. The predicted octanol–water partition coefficient (Wildman–Crippen LogP) is 5.16. The number of anilines is 1. The molecule has 0 spiro atoms. The highest BCUT2D eigenvalue weighted by atomic mass is 35.5. The molecule has 0 bridgehead atoms. The number of benzene rings is 3. The second kappa shape index (κ2) is 13.4. The molecule has 11 heteroatoms. The summed E-state index contributed by atoms with van der Waals surface area (Å²) in [6.07, 6.45) is 3.80. The Hall–Kier alpha value is -3.63. The molecule has 0 radical (unpaired) electrons. The third-order valence-electron chi connectivity index (χ3n) is 7.15. The highest BCUT2D eigenvalue weighted by Crippen LogP contribution is 2.26. The van der Waals surface area contributed by atoms with E-state index < -0.39 is 34.3 Å². The molecule has 3 aromatic rings. The van der Waals surface area contributed by atoms with Gasteiger partial charge >= 0.3 is 0 Å². The fourth-order valence-corrected chi connectivity index (χ4v) is 6.44. The quantitative estimate of drug-likeness (QED) is 0.328. The second-order valence-electron chi connectivity index (χ2n) is 9.98. The molecule has 3 aromatic carbocycles. The van der Waals surface area contributed by atoms with Crippen molar-refractivity contribution in [3.05, 3.63) is 89.2 Å². The Morgan fingerprint density at radius 1 is 1.05 bits per heavy atom. The maximum absolute atomic E-state index is 14.0. The number of rotatable bonds is 11. The molecule has 41 heavy (non-hydrogen) atoms. The van der Waals surface area contributed by atoms with Gasteiger partial charge in [-0.25, -0.2) is 12.8 Å². The van der Waals surface area contributed by atoms with E-state index in [9.17, 15) is 22.4 Å². The monoisotopic (exact) mass is 601 g/mol. The van der Waals surface area contributed by atoms with E-state index in [2.05, 4.69) is 5.32 Å². The van der Waals surface area contributed by atoms with Crippen molar-refractivity contribution >= 4 is 39.1 Å². The Morgan fingerprint density at radius 2 is 1.71 bits per heavy atom.